The average Bonchev–Trinajstić information content (AvgIpc) is 3.95. The summed E-state index contributed by atoms with van der Waals surface area (Å²) in [7, 11) is 3.71. The number of Topliss-reactive ketones (excluding diaryl/α,β-unsaturated/α-hetero) is 1. The molecule has 18 heteroatoms. The van der Waals surface area contributed by atoms with Gasteiger partial charge >= 0.3 is 5.82 Å². The van der Waals surface area contributed by atoms with Gasteiger partial charge in [-0.25, -0.2) is 29.1 Å². The number of piperazine rings is 1. The van der Waals surface area contributed by atoms with Crippen LogP contribution in [0.1, 0.15) is 40.3 Å². The van der Waals surface area contributed by atoms with Gasteiger partial charge in [0.05, 0.1) is 30.2 Å². The van der Waals surface area contributed by atoms with Crippen LogP contribution in [-0.4, -0.2) is 106 Å². The molecule has 3 aliphatic rings. The predicted octanol–water partition coefficient (Wildman–Crippen LogP) is 9.04. The number of benzene rings is 4. The van der Waals surface area contributed by atoms with Gasteiger partial charge in [-0.1, -0.05) is 60.1 Å². The van der Waals surface area contributed by atoms with Crippen LogP contribution in [0.5, 0.6) is 17.4 Å². The second-order valence-electron chi connectivity index (χ2n) is 18.1. The van der Waals surface area contributed by atoms with Gasteiger partial charge in [0.25, 0.3) is 0 Å². The van der Waals surface area contributed by atoms with Gasteiger partial charge in [-0.2, -0.15) is 0 Å². The van der Waals surface area contributed by atoms with Crippen molar-refractivity contribution in [3.8, 4) is 50.3 Å². The lowest BCUT2D eigenvalue weighted by atomic mass is 9.97. The van der Waals surface area contributed by atoms with Crippen LogP contribution in [0.2, 0.25) is 5.02 Å². The fraction of sp³-hybridized carbons (Fsp3) is 0.291. The monoisotopic (exact) mass is 1020 g/mol. The summed E-state index contributed by atoms with van der Waals surface area (Å²) in [6, 6.07) is 26.7. The van der Waals surface area contributed by atoms with Gasteiger partial charge in [0.1, 0.15) is 46.6 Å². The molecule has 73 heavy (non-hydrogen) atoms. The van der Waals surface area contributed by atoms with E-state index in [9.17, 15) is 18.8 Å². The van der Waals surface area contributed by atoms with Crippen molar-refractivity contribution < 1.29 is 37.0 Å². The number of ketones is 1. The lowest BCUT2D eigenvalue weighted by molar-refractivity contribution is -0.131. The number of carbonyl (C=O) groups is 2. The molecule has 8 aromatic rings. The van der Waals surface area contributed by atoms with Crippen LogP contribution in [0, 0.1) is 12.7 Å². The van der Waals surface area contributed by atoms with Gasteiger partial charge in [0.2, 0.25) is 11.8 Å². The van der Waals surface area contributed by atoms with Crippen LogP contribution in [0.15, 0.2) is 117 Å². The zero-order valence-electron chi connectivity index (χ0n) is 40.4. The molecule has 11 rings (SSSR count). The Morgan fingerprint density at radius 1 is 0.890 bits per heavy atom. The van der Waals surface area contributed by atoms with Gasteiger partial charge in [-0.05, 0) is 84.3 Å². The number of likely N-dealkylation sites (N-methyl/N-ethyl adjacent to an activating group) is 1. The molecule has 4 aromatic heterocycles. The third-order valence-electron chi connectivity index (χ3n) is 13.3. The zero-order chi connectivity index (χ0) is 50.6. The topological polar surface area (TPSA) is 166 Å². The second kappa shape index (κ2) is 21.8. The lowest BCUT2D eigenvalue weighted by Gasteiger charge is -2.34. The summed E-state index contributed by atoms with van der Waals surface area (Å²) in [6.07, 6.45) is 1.82. The Kier molecular flexibility index (Phi) is 14.7. The normalized spacial score (nSPS) is 15.6. The minimum absolute atomic E-state index is 0.0240. The van der Waals surface area contributed by atoms with Crippen molar-refractivity contribution in [3.05, 3.63) is 159 Å². The molecule has 1 fully saturated rings. The number of methoxy groups -OCH3 is 1. The number of halogens is 2. The van der Waals surface area contributed by atoms with E-state index in [-0.39, 0.29) is 73.7 Å². The van der Waals surface area contributed by atoms with Crippen LogP contribution >= 0.6 is 22.9 Å². The molecule has 7 heterocycles. The fourth-order valence-electron chi connectivity index (χ4n) is 9.21. The van der Waals surface area contributed by atoms with Crippen LogP contribution in [0.3, 0.4) is 0 Å². The Morgan fingerprint density at radius 2 is 1.70 bits per heavy atom. The van der Waals surface area contributed by atoms with E-state index in [1.165, 1.54) is 29.8 Å². The van der Waals surface area contributed by atoms with E-state index in [0.29, 0.717) is 79.2 Å². The molecule has 0 saturated carbocycles. The standard InChI is InChI=1S/C55H51ClFN7O8S/c1-33-44(72-55(67)70-33)17-15-43(65)47-29-38-26-34(8-16-45(38)69-31-40-18-19-58-52(61-40)41-6-4-5-7-46(41)68-3)27-48(66)64(25-24-63-22-20-62(2)21-23-63)30-37-10-9-36(28-42(37)56)49-50-53(71-47)59-32-60-54(50)73-51(49)35-11-13-39(57)14-12-35/h4-14,16,18-19,26,28,32,47H,15,17,20-25,27,29-31H2,1-3H3/t47-/m0/s1. The maximum atomic E-state index is 14.8. The predicted molar refractivity (Wildman–Crippen MR) is 275 cm³/mol. The SMILES string of the molecule is COc1ccccc1-c1nccc(COc2ccc3cc2C[C@@H](C(=O)CCc2oc(=O)oc2C)Oc2ncnc4sc(-c5ccc(F)cc5)c(c24)-c2ccc(c(Cl)c2)CN(CCN2CCN(C)CC2)C(=O)C3)n1. The van der Waals surface area contributed by atoms with E-state index in [1.807, 2.05) is 59.5 Å². The quantitative estimate of drug-likeness (QED) is 0.107. The molecule has 1 atom stereocenters. The molecular weight excluding hydrogens is 973 g/mol. The van der Waals surface area contributed by atoms with Crippen molar-refractivity contribution >= 4 is 44.8 Å². The van der Waals surface area contributed by atoms with Crippen molar-refractivity contribution in [1.82, 2.24) is 34.6 Å². The number of rotatable bonds is 13. The van der Waals surface area contributed by atoms with Crippen molar-refractivity contribution in [2.24, 2.45) is 0 Å². The molecule has 15 nitrogen and oxygen atoms in total. The van der Waals surface area contributed by atoms with Gasteiger partial charge in [-0.3, -0.25) is 14.5 Å². The molecule has 0 aliphatic carbocycles. The van der Waals surface area contributed by atoms with E-state index in [0.717, 1.165) is 42.2 Å². The smallest absolute Gasteiger partial charge is 0.496 e. The van der Waals surface area contributed by atoms with Crippen molar-refractivity contribution in [3.63, 3.8) is 0 Å². The summed E-state index contributed by atoms with van der Waals surface area (Å²) in [5, 5.41) is 0.970. The highest BCUT2D eigenvalue weighted by atomic mass is 35.5. The van der Waals surface area contributed by atoms with Gasteiger partial charge < -0.3 is 32.8 Å². The molecule has 0 N–H and O–H groups in total. The maximum Gasteiger partial charge on any atom is 0.519 e. The number of para-hydroxylation sites is 1. The van der Waals surface area contributed by atoms with Crippen molar-refractivity contribution in [2.45, 2.75) is 51.9 Å². The lowest BCUT2D eigenvalue weighted by Crippen LogP contribution is -2.47. The van der Waals surface area contributed by atoms with Crippen LogP contribution in [0.25, 0.3) is 43.2 Å². The first-order valence-electron chi connectivity index (χ1n) is 24.0. The third kappa shape index (κ3) is 11.2. The summed E-state index contributed by atoms with van der Waals surface area (Å²) in [5.41, 5.74) is 5.43. The van der Waals surface area contributed by atoms with Gasteiger partial charge in [0.15, 0.2) is 17.7 Å². The van der Waals surface area contributed by atoms with Crippen LogP contribution in [0.4, 0.5) is 4.39 Å². The largest absolute Gasteiger partial charge is 0.519 e. The Bertz CT molecular complexity index is 3370. The highest BCUT2D eigenvalue weighted by Crippen LogP contribution is 2.48. The fourth-order valence-corrected chi connectivity index (χ4v) is 10.6. The molecule has 3 aliphatic heterocycles. The van der Waals surface area contributed by atoms with Gasteiger partial charge in [-0.15, -0.1) is 11.3 Å². The molecule has 0 radical (unpaired) electrons. The Balaban J connectivity index is 1.08. The number of aryl methyl sites for hydroxylation is 2. The van der Waals surface area contributed by atoms with E-state index < -0.39 is 11.9 Å². The molecule has 0 spiro atoms. The van der Waals surface area contributed by atoms with E-state index in [4.69, 9.17) is 39.6 Å². The van der Waals surface area contributed by atoms with Crippen LogP contribution < -0.4 is 20.0 Å². The number of carbonyl (C=O) groups excluding carboxylic acids is 2. The highest BCUT2D eigenvalue weighted by Gasteiger charge is 2.30. The van der Waals surface area contributed by atoms with Crippen molar-refractivity contribution in [2.75, 3.05) is 53.4 Å². The molecule has 0 unspecified atom stereocenters. The van der Waals surface area contributed by atoms with E-state index in [2.05, 4.69) is 31.8 Å². The number of hydrogen-bond donors (Lipinski definition) is 0. The van der Waals surface area contributed by atoms with E-state index in [1.54, 1.807) is 44.5 Å². The minimum Gasteiger partial charge on any atom is -0.496 e. The summed E-state index contributed by atoms with van der Waals surface area (Å²) >= 11 is 8.61. The van der Waals surface area contributed by atoms with Gasteiger partial charge in [0, 0.05) is 86.7 Å². The Hall–Kier alpha value is -7.31. The zero-order valence-corrected chi connectivity index (χ0v) is 42.0. The first-order valence-corrected chi connectivity index (χ1v) is 25.2. The Morgan fingerprint density at radius 3 is 2.48 bits per heavy atom. The molecular formula is C55H51ClFN7O8S. The number of ether oxygens (including phenoxy) is 3. The summed E-state index contributed by atoms with van der Waals surface area (Å²) < 4.78 is 43.9. The molecule has 4 bridgehead atoms. The molecule has 1 saturated heterocycles. The first-order chi connectivity index (χ1) is 35.5. The molecule has 1 amide bonds. The highest BCUT2D eigenvalue weighted by molar-refractivity contribution is 7.22. The molecule has 4 aromatic carbocycles. The number of nitrogens with zero attached hydrogens (tertiary/aromatic N) is 7. The average molecular weight is 1020 g/mol. The third-order valence-corrected chi connectivity index (χ3v) is 14.8. The minimum atomic E-state index is -1.20. The number of aromatic nitrogens is 4. The maximum absolute atomic E-state index is 14.8. The van der Waals surface area contributed by atoms with Crippen molar-refractivity contribution in [1.29, 1.82) is 0 Å². The van der Waals surface area contributed by atoms with Crippen LogP contribution in [-0.2, 0) is 42.0 Å². The summed E-state index contributed by atoms with van der Waals surface area (Å²) in [4.78, 5) is 68.1. The summed E-state index contributed by atoms with van der Waals surface area (Å²) in [5.74, 6) is 0.470. The number of amides is 1. The van der Waals surface area contributed by atoms with E-state index >= 15 is 0 Å². The Labute approximate surface area is 429 Å². The number of hydrogen-bond acceptors (Lipinski definition) is 15. The first kappa shape index (κ1) is 49.3. The number of thiophene rings is 1. The second-order valence-corrected chi connectivity index (χ2v) is 19.5. The molecule has 374 valence electrons. The summed E-state index contributed by atoms with van der Waals surface area (Å²) in [6.45, 7) is 6.71. The number of fused-ring (bicyclic) bond motifs is 7.